The monoisotopic (exact) mass is 436 g/mol. The summed E-state index contributed by atoms with van der Waals surface area (Å²) in [5.74, 6) is 0.560. The zero-order valence-electron chi connectivity index (χ0n) is 17.0. The average molecular weight is 437 g/mol. The first-order valence-corrected chi connectivity index (χ1v) is 11.2. The maximum atomic E-state index is 12.7. The molecule has 9 heteroatoms. The summed E-state index contributed by atoms with van der Waals surface area (Å²) in [5, 5.41) is 20.2. The maximum absolute atomic E-state index is 12.7. The standard InChI is InChI=1S/C21H28N2O6S/c1-23(13-15-6-4-3-5-7-15)20-18(29-19(14-24)21(20)25)12-22-30(26,27)17-10-8-16(28-2)9-11-17/h3-11,18-22,24-25H,12-14H2,1-2H3/t18-,19+,20-,21-/m1/s1. The van der Waals surface area contributed by atoms with Gasteiger partial charge >= 0.3 is 0 Å². The molecule has 0 spiro atoms. The minimum absolute atomic E-state index is 0.0360. The van der Waals surface area contributed by atoms with Crippen LogP contribution in [-0.4, -0.2) is 75.2 Å². The van der Waals surface area contributed by atoms with Crippen molar-refractivity contribution in [1.29, 1.82) is 0 Å². The van der Waals surface area contributed by atoms with E-state index in [1.807, 2.05) is 42.3 Å². The fourth-order valence-electron chi connectivity index (χ4n) is 3.70. The topological polar surface area (TPSA) is 108 Å². The normalized spacial score (nSPS) is 24.3. The Morgan fingerprint density at radius 1 is 1.10 bits per heavy atom. The van der Waals surface area contributed by atoms with Crippen LogP contribution in [0, 0.1) is 0 Å². The fraction of sp³-hybridized carbons (Fsp3) is 0.429. The molecule has 2 aromatic carbocycles. The van der Waals surface area contributed by atoms with Crippen LogP contribution in [0.1, 0.15) is 5.56 Å². The van der Waals surface area contributed by atoms with Gasteiger partial charge in [-0.2, -0.15) is 0 Å². The Hall–Kier alpha value is -2.01. The number of ether oxygens (including phenoxy) is 2. The molecule has 2 aromatic rings. The van der Waals surface area contributed by atoms with Crippen molar-refractivity contribution in [2.24, 2.45) is 0 Å². The van der Waals surface area contributed by atoms with Crippen molar-refractivity contribution < 1.29 is 28.1 Å². The first-order valence-electron chi connectivity index (χ1n) is 9.68. The van der Waals surface area contributed by atoms with Gasteiger partial charge in [0.2, 0.25) is 10.0 Å². The Morgan fingerprint density at radius 3 is 2.37 bits per heavy atom. The average Bonchev–Trinajstić information content (AvgIpc) is 3.08. The number of aliphatic hydroxyl groups excluding tert-OH is 2. The Kier molecular flexibility index (Phi) is 7.45. The molecule has 4 atom stereocenters. The van der Waals surface area contributed by atoms with E-state index in [0.717, 1.165) is 5.56 Å². The summed E-state index contributed by atoms with van der Waals surface area (Å²) in [4.78, 5) is 2.02. The molecule has 1 aliphatic rings. The van der Waals surface area contributed by atoms with E-state index in [1.54, 1.807) is 12.1 Å². The van der Waals surface area contributed by atoms with Crippen molar-refractivity contribution >= 4 is 10.0 Å². The van der Waals surface area contributed by atoms with Crippen LogP contribution in [0.15, 0.2) is 59.5 Å². The highest BCUT2D eigenvalue weighted by Crippen LogP contribution is 2.26. The molecule has 8 nitrogen and oxygen atoms in total. The molecular weight excluding hydrogens is 408 g/mol. The Labute approximate surface area is 177 Å². The summed E-state index contributed by atoms with van der Waals surface area (Å²) in [6, 6.07) is 15.3. The number of hydrogen-bond donors (Lipinski definition) is 3. The second-order valence-electron chi connectivity index (χ2n) is 7.30. The van der Waals surface area contributed by atoms with Crippen LogP contribution >= 0.6 is 0 Å². The number of nitrogens with zero attached hydrogens (tertiary/aromatic N) is 1. The second kappa shape index (κ2) is 9.86. The van der Waals surface area contributed by atoms with Gasteiger partial charge in [-0.3, -0.25) is 4.90 Å². The van der Waals surface area contributed by atoms with Crippen molar-refractivity contribution in [1.82, 2.24) is 9.62 Å². The van der Waals surface area contributed by atoms with Gasteiger partial charge in [-0.25, -0.2) is 13.1 Å². The van der Waals surface area contributed by atoms with E-state index >= 15 is 0 Å². The van der Waals surface area contributed by atoms with Crippen LogP contribution in [0.2, 0.25) is 0 Å². The summed E-state index contributed by atoms with van der Waals surface area (Å²) in [7, 11) is -0.420. The van der Waals surface area contributed by atoms with E-state index in [9.17, 15) is 18.6 Å². The zero-order chi connectivity index (χ0) is 21.7. The lowest BCUT2D eigenvalue weighted by Gasteiger charge is -2.30. The highest BCUT2D eigenvalue weighted by Gasteiger charge is 2.45. The molecule has 0 radical (unpaired) electrons. The number of methoxy groups -OCH3 is 1. The van der Waals surface area contributed by atoms with Crippen LogP contribution in [-0.2, 0) is 21.3 Å². The van der Waals surface area contributed by atoms with E-state index in [0.29, 0.717) is 12.3 Å². The quantitative estimate of drug-likeness (QED) is 0.528. The summed E-state index contributed by atoms with van der Waals surface area (Å²) < 4.78 is 38.7. The highest BCUT2D eigenvalue weighted by molar-refractivity contribution is 7.89. The van der Waals surface area contributed by atoms with Crippen molar-refractivity contribution in [2.75, 3.05) is 27.3 Å². The van der Waals surface area contributed by atoms with Crippen LogP contribution in [0.25, 0.3) is 0 Å². The van der Waals surface area contributed by atoms with E-state index < -0.39 is 34.4 Å². The second-order valence-corrected chi connectivity index (χ2v) is 9.07. The van der Waals surface area contributed by atoms with E-state index in [2.05, 4.69) is 4.72 Å². The molecule has 164 valence electrons. The predicted octanol–water partition coefficient (Wildman–Crippen LogP) is 0.595. The van der Waals surface area contributed by atoms with Gasteiger partial charge in [0, 0.05) is 13.1 Å². The third kappa shape index (κ3) is 5.18. The number of hydrogen-bond acceptors (Lipinski definition) is 7. The molecule has 0 aromatic heterocycles. The molecule has 0 saturated carbocycles. The molecule has 0 bridgehead atoms. The maximum Gasteiger partial charge on any atom is 0.240 e. The molecule has 3 N–H and O–H groups in total. The van der Waals surface area contributed by atoms with Crippen molar-refractivity contribution in [3.63, 3.8) is 0 Å². The molecule has 3 rings (SSSR count). The molecular formula is C21H28N2O6S. The summed E-state index contributed by atoms with van der Waals surface area (Å²) in [6.45, 7) is 0.163. The van der Waals surface area contributed by atoms with Crippen LogP contribution in [0.3, 0.4) is 0 Å². The van der Waals surface area contributed by atoms with E-state index in [-0.39, 0.29) is 18.0 Å². The molecule has 1 saturated heterocycles. The third-order valence-corrected chi connectivity index (χ3v) is 6.71. The van der Waals surface area contributed by atoms with Gasteiger partial charge < -0.3 is 19.7 Å². The molecule has 1 heterocycles. The molecule has 0 amide bonds. The zero-order valence-corrected chi connectivity index (χ0v) is 17.8. The van der Waals surface area contributed by atoms with Crippen molar-refractivity contribution in [3.8, 4) is 5.75 Å². The molecule has 1 fully saturated rings. The largest absolute Gasteiger partial charge is 0.497 e. The number of benzene rings is 2. The summed E-state index contributed by atoms with van der Waals surface area (Å²) in [5.41, 5.74) is 1.05. The molecule has 1 aliphatic heterocycles. The molecule has 0 aliphatic carbocycles. The van der Waals surface area contributed by atoms with Crippen LogP contribution in [0.5, 0.6) is 5.75 Å². The molecule has 0 unspecified atom stereocenters. The first kappa shape index (κ1) is 22.7. The van der Waals surface area contributed by atoms with Gasteiger partial charge in [-0.15, -0.1) is 0 Å². The first-order chi connectivity index (χ1) is 14.4. The van der Waals surface area contributed by atoms with Gasteiger partial charge in [0.15, 0.2) is 0 Å². The highest BCUT2D eigenvalue weighted by atomic mass is 32.2. The smallest absolute Gasteiger partial charge is 0.240 e. The number of nitrogens with one attached hydrogen (secondary N) is 1. The fourth-order valence-corrected chi connectivity index (χ4v) is 4.74. The number of likely N-dealkylation sites (N-methyl/N-ethyl adjacent to an activating group) is 1. The Morgan fingerprint density at radius 2 is 1.77 bits per heavy atom. The summed E-state index contributed by atoms with van der Waals surface area (Å²) in [6.07, 6.45) is -2.35. The molecule has 30 heavy (non-hydrogen) atoms. The van der Waals surface area contributed by atoms with Gasteiger partial charge in [-0.1, -0.05) is 30.3 Å². The third-order valence-electron chi connectivity index (χ3n) is 5.27. The lowest BCUT2D eigenvalue weighted by Crippen LogP contribution is -2.49. The Balaban J connectivity index is 1.71. The van der Waals surface area contributed by atoms with Gasteiger partial charge in [-0.05, 0) is 36.9 Å². The minimum Gasteiger partial charge on any atom is -0.497 e. The summed E-state index contributed by atoms with van der Waals surface area (Å²) >= 11 is 0. The number of aliphatic hydroxyl groups is 2. The number of rotatable bonds is 9. The van der Waals surface area contributed by atoms with E-state index in [1.165, 1.54) is 19.2 Å². The Bertz CT molecular complexity index is 907. The lowest BCUT2D eigenvalue weighted by atomic mass is 10.0. The predicted molar refractivity (Wildman–Crippen MR) is 112 cm³/mol. The number of sulfonamides is 1. The minimum atomic E-state index is -3.77. The van der Waals surface area contributed by atoms with Crippen molar-refractivity contribution in [3.05, 3.63) is 60.2 Å². The van der Waals surface area contributed by atoms with E-state index in [4.69, 9.17) is 9.47 Å². The van der Waals surface area contributed by atoms with Crippen LogP contribution in [0.4, 0.5) is 0 Å². The van der Waals surface area contributed by atoms with Gasteiger partial charge in [0.1, 0.15) is 18.0 Å². The lowest BCUT2D eigenvalue weighted by molar-refractivity contribution is -0.0201. The van der Waals surface area contributed by atoms with Crippen molar-refractivity contribution in [2.45, 2.75) is 35.8 Å². The van der Waals surface area contributed by atoms with Crippen LogP contribution < -0.4 is 9.46 Å². The SMILES string of the molecule is COc1ccc(S(=O)(=O)NC[C@H]2O[C@@H](CO)[C@@H](O)[C@@H]2N(C)Cc2ccccc2)cc1. The van der Waals surface area contributed by atoms with Gasteiger partial charge in [0.25, 0.3) is 0 Å². The van der Waals surface area contributed by atoms with Gasteiger partial charge in [0.05, 0.1) is 30.8 Å².